The van der Waals surface area contributed by atoms with Gasteiger partial charge in [0.1, 0.15) is 17.1 Å². The van der Waals surface area contributed by atoms with Crippen LogP contribution in [-0.2, 0) is 13.5 Å². The molecule has 0 spiro atoms. The highest BCUT2D eigenvalue weighted by atomic mass is 79.9. The predicted molar refractivity (Wildman–Crippen MR) is 95.0 cm³/mol. The smallest absolute Gasteiger partial charge is 0.140 e. The number of nitrogens with zero attached hydrogens (tertiary/aromatic N) is 4. The van der Waals surface area contributed by atoms with Crippen LogP contribution in [0, 0.1) is 0 Å². The molecule has 0 amide bonds. The maximum absolute atomic E-state index is 5.46. The average molecular weight is 383 g/mol. The van der Waals surface area contributed by atoms with Gasteiger partial charge in [-0.15, -0.1) is 0 Å². The molecule has 3 aromatic heterocycles. The molecule has 3 heterocycles. The van der Waals surface area contributed by atoms with Crippen LogP contribution in [0.1, 0.15) is 36.0 Å². The van der Waals surface area contributed by atoms with Crippen LogP contribution in [-0.4, -0.2) is 19.7 Å². The van der Waals surface area contributed by atoms with Crippen LogP contribution in [0.2, 0.25) is 0 Å². The summed E-state index contributed by atoms with van der Waals surface area (Å²) in [6, 6.07) is 8.19. The van der Waals surface area contributed by atoms with Crippen LogP contribution in [0.25, 0.3) is 21.9 Å². The lowest BCUT2D eigenvalue weighted by molar-refractivity contribution is 0.379. The Bertz CT molecular complexity index is 1080. The minimum Gasteiger partial charge on any atom is -0.361 e. The number of hydrogen-bond donors (Lipinski definition) is 0. The molecule has 24 heavy (non-hydrogen) atoms. The summed E-state index contributed by atoms with van der Waals surface area (Å²) in [6.07, 6.45) is 4.94. The Balaban J connectivity index is 1.61. The van der Waals surface area contributed by atoms with E-state index in [2.05, 4.69) is 42.8 Å². The van der Waals surface area contributed by atoms with Crippen molar-refractivity contribution >= 4 is 37.9 Å². The van der Waals surface area contributed by atoms with Gasteiger partial charge in [-0.1, -0.05) is 21.1 Å². The summed E-state index contributed by atoms with van der Waals surface area (Å²) in [5.41, 5.74) is 3.91. The lowest BCUT2D eigenvalue weighted by atomic mass is 10.2. The standard InChI is InChI=1S/C18H15BrN4O/c1-23-17(8-12-7-16(24-22-12)10-2-3-10)21-15-9-20-14-5-4-11(19)6-13(14)18(15)23/h4-7,9-10H,2-3,8H2,1H3. The van der Waals surface area contributed by atoms with E-state index in [9.17, 15) is 0 Å². The van der Waals surface area contributed by atoms with Crippen molar-refractivity contribution < 1.29 is 4.52 Å². The van der Waals surface area contributed by atoms with E-state index in [1.54, 1.807) is 0 Å². The maximum atomic E-state index is 5.46. The molecule has 1 aromatic carbocycles. The largest absolute Gasteiger partial charge is 0.361 e. The van der Waals surface area contributed by atoms with Crippen molar-refractivity contribution in [1.29, 1.82) is 0 Å². The van der Waals surface area contributed by atoms with Gasteiger partial charge in [0.05, 0.1) is 29.3 Å². The van der Waals surface area contributed by atoms with E-state index < -0.39 is 0 Å². The van der Waals surface area contributed by atoms with Crippen molar-refractivity contribution in [3.8, 4) is 0 Å². The number of aryl methyl sites for hydroxylation is 1. The predicted octanol–water partition coefficient (Wildman–Crippen LogP) is 4.34. The van der Waals surface area contributed by atoms with E-state index in [1.807, 2.05) is 25.4 Å². The summed E-state index contributed by atoms with van der Waals surface area (Å²) in [4.78, 5) is 9.28. The Hall–Kier alpha value is -2.21. The number of hydrogen-bond acceptors (Lipinski definition) is 4. The third-order valence-corrected chi connectivity index (χ3v) is 5.14. The van der Waals surface area contributed by atoms with Gasteiger partial charge in [-0.2, -0.15) is 0 Å². The number of halogens is 1. The minimum absolute atomic E-state index is 0.581. The maximum Gasteiger partial charge on any atom is 0.140 e. The van der Waals surface area contributed by atoms with Gasteiger partial charge in [-0.25, -0.2) is 4.98 Å². The van der Waals surface area contributed by atoms with E-state index in [-0.39, 0.29) is 0 Å². The van der Waals surface area contributed by atoms with Crippen LogP contribution in [0.3, 0.4) is 0 Å². The lowest BCUT2D eigenvalue weighted by Crippen LogP contribution is -1.99. The Kier molecular flexibility index (Phi) is 3.03. The fraction of sp³-hybridized carbons (Fsp3) is 0.278. The van der Waals surface area contributed by atoms with Gasteiger partial charge in [0, 0.05) is 28.9 Å². The first kappa shape index (κ1) is 14.2. The SMILES string of the molecule is Cn1c(Cc2cc(C3CC3)on2)nc2cnc3ccc(Br)cc3c21. The van der Waals surface area contributed by atoms with Gasteiger partial charge in [-0.05, 0) is 31.0 Å². The summed E-state index contributed by atoms with van der Waals surface area (Å²) in [6.45, 7) is 0. The van der Waals surface area contributed by atoms with Crippen LogP contribution >= 0.6 is 15.9 Å². The molecule has 1 aliphatic carbocycles. The summed E-state index contributed by atoms with van der Waals surface area (Å²) < 4.78 is 8.63. The molecule has 4 aromatic rings. The highest BCUT2D eigenvalue weighted by Gasteiger charge is 2.28. The number of rotatable bonds is 3. The topological polar surface area (TPSA) is 56.7 Å². The van der Waals surface area contributed by atoms with Crippen LogP contribution in [0.15, 0.2) is 39.5 Å². The first-order chi connectivity index (χ1) is 11.7. The summed E-state index contributed by atoms with van der Waals surface area (Å²) in [5.74, 6) is 2.56. The Morgan fingerprint density at radius 3 is 2.96 bits per heavy atom. The van der Waals surface area contributed by atoms with Crippen molar-refractivity contribution in [3.63, 3.8) is 0 Å². The molecule has 1 fully saturated rings. The van der Waals surface area contributed by atoms with Crippen molar-refractivity contribution in [2.45, 2.75) is 25.2 Å². The third-order valence-electron chi connectivity index (χ3n) is 4.65. The van der Waals surface area contributed by atoms with Gasteiger partial charge >= 0.3 is 0 Å². The number of imidazole rings is 1. The van der Waals surface area contributed by atoms with Crippen molar-refractivity contribution in [3.05, 3.63) is 52.2 Å². The van der Waals surface area contributed by atoms with Crippen LogP contribution < -0.4 is 0 Å². The van der Waals surface area contributed by atoms with E-state index >= 15 is 0 Å². The van der Waals surface area contributed by atoms with Gasteiger partial charge in [-0.3, -0.25) is 4.98 Å². The molecular weight excluding hydrogens is 368 g/mol. The Labute approximate surface area is 146 Å². The average Bonchev–Trinajstić information content (AvgIpc) is 3.24. The molecule has 0 radical (unpaired) electrons. The zero-order valence-electron chi connectivity index (χ0n) is 13.2. The second kappa shape index (κ2) is 5.14. The molecule has 6 heteroatoms. The lowest BCUT2D eigenvalue weighted by Gasteiger charge is -2.03. The van der Waals surface area contributed by atoms with E-state index in [4.69, 9.17) is 9.51 Å². The van der Waals surface area contributed by atoms with E-state index in [1.165, 1.54) is 12.8 Å². The molecule has 0 aliphatic heterocycles. The zero-order chi connectivity index (χ0) is 16.3. The molecule has 1 aliphatic rings. The Morgan fingerprint density at radius 2 is 2.12 bits per heavy atom. The third kappa shape index (κ3) is 2.24. The van der Waals surface area contributed by atoms with Crippen LogP contribution in [0.4, 0.5) is 0 Å². The first-order valence-electron chi connectivity index (χ1n) is 8.04. The summed E-state index contributed by atoms with van der Waals surface area (Å²) >= 11 is 3.55. The van der Waals surface area contributed by atoms with Gasteiger partial charge in [0.25, 0.3) is 0 Å². The molecule has 1 saturated carbocycles. The van der Waals surface area contributed by atoms with Crippen molar-refractivity contribution in [2.24, 2.45) is 7.05 Å². The van der Waals surface area contributed by atoms with Gasteiger partial charge in [0.2, 0.25) is 0 Å². The van der Waals surface area contributed by atoms with Crippen LogP contribution in [0.5, 0.6) is 0 Å². The molecular formula is C18H15BrN4O. The summed E-state index contributed by atoms with van der Waals surface area (Å²) in [5, 5.41) is 5.31. The van der Waals surface area contributed by atoms with E-state index in [0.29, 0.717) is 12.3 Å². The summed E-state index contributed by atoms with van der Waals surface area (Å²) in [7, 11) is 2.05. The minimum atomic E-state index is 0.581. The molecule has 120 valence electrons. The zero-order valence-corrected chi connectivity index (χ0v) is 14.7. The first-order valence-corrected chi connectivity index (χ1v) is 8.83. The fourth-order valence-electron chi connectivity index (χ4n) is 3.21. The normalized spacial score (nSPS) is 14.8. The van der Waals surface area contributed by atoms with Gasteiger partial charge in [0.15, 0.2) is 0 Å². The fourth-order valence-corrected chi connectivity index (χ4v) is 3.57. The molecule has 5 rings (SSSR count). The monoisotopic (exact) mass is 382 g/mol. The van der Waals surface area contributed by atoms with Crippen molar-refractivity contribution in [2.75, 3.05) is 0 Å². The van der Waals surface area contributed by atoms with E-state index in [0.717, 1.165) is 43.7 Å². The van der Waals surface area contributed by atoms with Gasteiger partial charge < -0.3 is 9.09 Å². The molecule has 0 atom stereocenters. The second-order valence-corrected chi connectivity index (χ2v) is 7.33. The highest BCUT2D eigenvalue weighted by molar-refractivity contribution is 9.10. The van der Waals surface area contributed by atoms with Crippen molar-refractivity contribution in [1.82, 2.24) is 19.7 Å². The molecule has 0 saturated heterocycles. The number of aromatic nitrogens is 4. The number of pyridine rings is 1. The molecule has 0 N–H and O–H groups in total. The molecule has 5 nitrogen and oxygen atoms in total. The quantitative estimate of drug-likeness (QED) is 0.528. The molecule has 0 unspecified atom stereocenters. The Morgan fingerprint density at radius 1 is 1.25 bits per heavy atom. The molecule has 0 bridgehead atoms. The highest BCUT2D eigenvalue weighted by Crippen LogP contribution is 2.40. The number of fused-ring (bicyclic) bond motifs is 3. The second-order valence-electron chi connectivity index (χ2n) is 6.41. The number of benzene rings is 1.